The monoisotopic (exact) mass is 478 g/mol. The zero-order chi connectivity index (χ0) is 25.8. The van der Waals surface area contributed by atoms with Crippen LogP contribution in [0, 0.1) is 11.8 Å². The molecule has 1 aromatic carbocycles. The molecule has 0 aliphatic heterocycles. The maximum atomic E-state index is 12.9. The molecule has 5 N–H and O–H groups in total. The highest BCUT2D eigenvalue weighted by atomic mass is 16.6. The number of carbonyl (C=O) groups excluding carboxylic acids is 5. The Morgan fingerprint density at radius 1 is 0.882 bits per heavy atom. The summed E-state index contributed by atoms with van der Waals surface area (Å²) in [6.07, 6.45) is 0.221. The quantitative estimate of drug-likeness (QED) is 0.233. The summed E-state index contributed by atoms with van der Waals surface area (Å²) in [4.78, 5) is 61.2. The lowest BCUT2D eigenvalue weighted by atomic mass is 10.00. The number of benzene rings is 1. The van der Waals surface area contributed by atoms with Crippen LogP contribution in [-0.2, 0) is 23.9 Å². The van der Waals surface area contributed by atoms with Gasteiger partial charge in [0.15, 0.2) is 0 Å². The molecular formula is C23H34N4O7. The van der Waals surface area contributed by atoms with Crippen LogP contribution in [0.15, 0.2) is 30.3 Å². The fourth-order valence-electron chi connectivity index (χ4n) is 2.97. The molecule has 34 heavy (non-hydrogen) atoms. The molecule has 0 radical (unpaired) electrons. The maximum Gasteiger partial charge on any atom is 0.336 e. The summed E-state index contributed by atoms with van der Waals surface area (Å²) in [5, 5.41) is 19.6. The van der Waals surface area contributed by atoms with Gasteiger partial charge in [0.25, 0.3) is 0 Å². The summed E-state index contributed by atoms with van der Waals surface area (Å²) in [6.45, 7) is 7.38. The lowest BCUT2D eigenvalue weighted by Gasteiger charge is -2.26. The molecular weight excluding hydrogens is 444 g/mol. The van der Waals surface area contributed by atoms with E-state index in [1.165, 1.54) is 0 Å². The van der Waals surface area contributed by atoms with Gasteiger partial charge in [-0.2, -0.15) is 0 Å². The Morgan fingerprint density at radius 3 is 1.97 bits per heavy atom. The van der Waals surface area contributed by atoms with Crippen LogP contribution in [0.1, 0.15) is 41.0 Å². The van der Waals surface area contributed by atoms with Crippen molar-refractivity contribution in [3.8, 4) is 0 Å². The van der Waals surface area contributed by atoms with Crippen molar-refractivity contribution in [3.63, 3.8) is 0 Å². The number of hydrogen-bond acceptors (Lipinski definition) is 7. The van der Waals surface area contributed by atoms with Gasteiger partial charge < -0.3 is 31.1 Å². The third-order valence-corrected chi connectivity index (χ3v) is 4.64. The Kier molecular flexibility index (Phi) is 11.7. The third kappa shape index (κ3) is 9.99. The van der Waals surface area contributed by atoms with Gasteiger partial charge >= 0.3 is 18.0 Å². The van der Waals surface area contributed by atoms with E-state index in [1.807, 2.05) is 13.8 Å². The second kappa shape index (κ2) is 13.9. The second-order valence-corrected chi connectivity index (χ2v) is 8.53. The Morgan fingerprint density at radius 2 is 1.47 bits per heavy atom. The van der Waals surface area contributed by atoms with Gasteiger partial charge in [0.05, 0.1) is 6.61 Å². The van der Waals surface area contributed by atoms with E-state index >= 15 is 0 Å². The molecule has 11 heteroatoms. The van der Waals surface area contributed by atoms with E-state index in [4.69, 9.17) is 0 Å². The first kappa shape index (κ1) is 28.6. The Balaban J connectivity index is 2.88. The molecule has 1 aromatic rings. The molecule has 0 saturated heterocycles. The van der Waals surface area contributed by atoms with Crippen LogP contribution in [0.25, 0.3) is 0 Å². The summed E-state index contributed by atoms with van der Waals surface area (Å²) in [6, 6.07) is 4.31. The zero-order valence-corrected chi connectivity index (χ0v) is 20.1. The molecule has 11 nitrogen and oxygen atoms in total. The molecule has 0 fully saturated rings. The van der Waals surface area contributed by atoms with Crippen molar-refractivity contribution in [2.45, 2.75) is 59.2 Å². The van der Waals surface area contributed by atoms with Crippen LogP contribution in [0.2, 0.25) is 0 Å². The van der Waals surface area contributed by atoms with Gasteiger partial charge in [0.1, 0.15) is 18.1 Å². The van der Waals surface area contributed by atoms with Crippen molar-refractivity contribution in [1.29, 1.82) is 0 Å². The highest BCUT2D eigenvalue weighted by Crippen LogP contribution is 2.10. The van der Waals surface area contributed by atoms with E-state index < -0.39 is 54.5 Å². The van der Waals surface area contributed by atoms with E-state index in [2.05, 4.69) is 26.0 Å². The Labute approximate surface area is 199 Å². The normalized spacial score (nSPS) is 13.4. The molecule has 0 heterocycles. The number of ether oxygens (including phenoxy) is 1. The minimum absolute atomic E-state index is 0.0142. The number of hydrogen-bond donors (Lipinski definition) is 5. The molecule has 0 spiro atoms. The number of nitrogens with one attached hydrogen (secondary N) is 4. The van der Waals surface area contributed by atoms with Gasteiger partial charge in [-0.1, -0.05) is 45.9 Å². The van der Waals surface area contributed by atoms with Crippen molar-refractivity contribution in [1.82, 2.24) is 16.0 Å². The molecule has 1 rings (SSSR count). The average molecular weight is 479 g/mol. The fraction of sp³-hybridized carbons (Fsp3) is 0.522. The van der Waals surface area contributed by atoms with Crippen LogP contribution in [-0.4, -0.2) is 59.6 Å². The topological polar surface area (TPSA) is 163 Å². The lowest BCUT2D eigenvalue weighted by Crippen LogP contribution is -2.58. The second-order valence-electron chi connectivity index (χ2n) is 8.53. The first-order valence-electron chi connectivity index (χ1n) is 11.0. The minimum atomic E-state index is -1.32. The number of carbonyl (C=O) groups is 5. The fourth-order valence-corrected chi connectivity index (χ4v) is 2.97. The molecule has 0 saturated carbocycles. The minimum Gasteiger partial charge on any atom is -0.394 e. The van der Waals surface area contributed by atoms with Gasteiger partial charge in [-0.05, 0) is 30.4 Å². The molecule has 4 amide bonds. The molecule has 0 aliphatic carbocycles. The summed E-state index contributed by atoms with van der Waals surface area (Å²) >= 11 is 0. The van der Waals surface area contributed by atoms with Crippen molar-refractivity contribution in [2.24, 2.45) is 11.8 Å². The molecule has 0 aliphatic rings. The van der Waals surface area contributed by atoms with Crippen molar-refractivity contribution < 1.29 is 33.8 Å². The highest BCUT2D eigenvalue weighted by molar-refractivity contribution is 5.96. The largest absolute Gasteiger partial charge is 0.394 e. The standard InChI is InChI=1S/C23H34N4O7/c1-13(2)11-17(20(30)27-19(14(3)4)22(32)34-15(5)29)25-21(31)18(12-28)26-23(33)24-16-9-7-6-8-10-16/h6-10,13-14,17-19,28H,11-12H2,1-5H3,(H,25,31)(H,27,30)(H2,24,26,33)/t17-,18-,19-/m0/s1. The first-order chi connectivity index (χ1) is 15.9. The van der Waals surface area contributed by atoms with E-state index in [9.17, 15) is 29.1 Å². The SMILES string of the molecule is CC(=O)OC(=O)[C@@H](NC(=O)[C@H](CC(C)C)NC(=O)[C@H](CO)NC(=O)Nc1ccccc1)C(C)C. The average Bonchev–Trinajstić information content (AvgIpc) is 2.74. The van der Waals surface area contributed by atoms with Gasteiger partial charge in [-0.3, -0.25) is 14.4 Å². The molecule has 188 valence electrons. The van der Waals surface area contributed by atoms with Crippen LogP contribution in [0.4, 0.5) is 10.5 Å². The highest BCUT2D eigenvalue weighted by Gasteiger charge is 2.32. The smallest absolute Gasteiger partial charge is 0.336 e. The van der Waals surface area contributed by atoms with E-state index in [0.717, 1.165) is 6.92 Å². The van der Waals surface area contributed by atoms with Crippen LogP contribution >= 0.6 is 0 Å². The summed E-state index contributed by atoms with van der Waals surface area (Å²) in [5.41, 5.74) is 0.492. The number of urea groups is 1. The maximum absolute atomic E-state index is 12.9. The summed E-state index contributed by atoms with van der Waals surface area (Å²) < 4.78 is 4.60. The zero-order valence-electron chi connectivity index (χ0n) is 20.1. The van der Waals surface area contributed by atoms with Crippen LogP contribution in [0.3, 0.4) is 0 Å². The van der Waals surface area contributed by atoms with Crippen LogP contribution < -0.4 is 21.3 Å². The molecule has 0 aromatic heterocycles. The van der Waals surface area contributed by atoms with E-state index in [0.29, 0.717) is 5.69 Å². The number of anilines is 1. The number of aliphatic hydroxyl groups excluding tert-OH is 1. The number of aliphatic hydroxyl groups is 1. The molecule has 3 atom stereocenters. The van der Waals surface area contributed by atoms with Crippen molar-refractivity contribution in [3.05, 3.63) is 30.3 Å². The summed E-state index contributed by atoms with van der Waals surface area (Å²) in [5.74, 6) is -3.55. The van der Waals surface area contributed by atoms with Crippen LogP contribution in [0.5, 0.6) is 0 Å². The number of esters is 2. The first-order valence-corrected chi connectivity index (χ1v) is 11.0. The predicted octanol–water partition coefficient (Wildman–Crippen LogP) is 0.930. The molecule has 0 unspecified atom stereocenters. The lowest BCUT2D eigenvalue weighted by molar-refractivity contribution is -0.161. The predicted molar refractivity (Wildman–Crippen MR) is 124 cm³/mol. The van der Waals surface area contributed by atoms with Crippen molar-refractivity contribution >= 4 is 35.5 Å². The van der Waals surface area contributed by atoms with E-state index in [1.54, 1.807) is 44.2 Å². The van der Waals surface area contributed by atoms with Gasteiger partial charge in [0.2, 0.25) is 11.8 Å². The van der Waals surface area contributed by atoms with Gasteiger partial charge in [-0.15, -0.1) is 0 Å². The Hall–Kier alpha value is -3.47. The number of amides is 4. The molecule has 0 bridgehead atoms. The van der Waals surface area contributed by atoms with Crippen molar-refractivity contribution in [2.75, 3.05) is 11.9 Å². The van der Waals surface area contributed by atoms with Gasteiger partial charge in [-0.25, -0.2) is 9.59 Å². The number of para-hydroxylation sites is 1. The van der Waals surface area contributed by atoms with Gasteiger partial charge in [0, 0.05) is 12.6 Å². The van der Waals surface area contributed by atoms with E-state index in [-0.39, 0.29) is 18.3 Å². The third-order valence-electron chi connectivity index (χ3n) is 4.64. The summed E-state index contributed by atoms with van der Waals surface area (Å²) in [7, 11) is 0. The Bertz CT molecular complexity index is 858. The number of rotatable bonds is 11.